The van der Waals surface area contributed by atoms with E-state index in [1.807, 2.05) is 31.2 Å². The minimum absolute atomic E-state index is 0.0550. The first-order valence-corrected chi connectivity index (χ1v) is 7.90. The Morgan fingerprint density at radius 3 is 2.82 bits per heavy atom. The molecule has 0 bridgehead atoms. The Hall–Kier alpha value is -1.88. The number of carbonyl (C=O) groups excluding carboxylic acids is 1. The number of amides is 1. The smallest absolute Gasteiger partial charge is 0.226 e. The largest absolute Gasteiger partial charge is 0.489 e. The number of thiocarbonyl (C=S) groups is 1. The van der Waals surface area contributed by atoms with Crippen LogP contribution in [-0.4, -0.2) is 17.6 Å². The number of carbonyl (C=O) groups is 1. The Morgan fingerprint density at radius 2 is 2.14 bits per heavy atom. The summed E-state index contributed by atoms with van der Waals surface area (Å²) in [4.78, 5) is 11.7. The lowest BCUT2D eigenvalue weighted by molar-refractivity contribution is -0.119. The molecule has 4 nitrogen and oxygen atoms in total. The predicted molar refractivity (Wildman–Crippen MR) is 95.3 cm³/mol. The van der Waals surface area contributed by atoms with E-state index < -0.39 is 0 Å². The molecule has 120 valence electrons. The number of rotatable bonds is 8. The lowest BCUT2D eigenvalue weighted by atomic mass is 10.2. The zero-order valence-electron chi connectivity index (χ0n) is 13.3. The molecule has 0 heterocycles. The maximum atomic E-state index is 11.7. The quantitative estimate of drug-likeness (QED) is 0.431. The summed E-state index contributed by atoms with van der Waals surface area (Å²) < 4.78 is 5.57. The second-order valence-electron chi connectivity index (χ2n) is 5.23. The van der Waals surface area contributed by atoms with E-state index in [-0.39, 0.29) is 5.91 Å². The molecule has 0 unspecified atom stereocenters. The van der Waals surface area contributed by atoms with Gasteiger partial charge in [-0.15, -0.1) is 0 Å². The van der Waals surface area contributed by atoms with Crippen molar-refractivity contribution in [3.8, 4) is 5.75 Å². The van der Waals surface area contributed by atoms with Gasteiger partial charge in [0.2, 0.25) is 5.91 Å². The monoisotopic (exact) mass is 320 g/mol. The van der Waals surface area contributed by atoms with Gasteiger partial charge < -0.3 is 15.4 Å². The summed E-state index contributed by atoms with van der Waals surface area (Å²) in [5.74, 6) is 0.672. The Morgan fingerprint density at radius 1 is 1.36 bits per heavy atom. The molecule has 0 saturated carbocycles. The highest BCUT2D eigenvalue weighted by Crippen LogP contribution is 2.17. The number of benzene rings is 1. The van der Waals surface area contributed by atoms with Crippen molar-refractivity contribution >= 4 is 28.9 Å². The molecule has 1 amide bonds. The van der Waals surface area contributed by atoms with Gasteiger partial charge in [-0.05, 0) is 43.3 Å². The summed E-state index contributed by atoms with van der Waals surface area (Å²) in [6.45, 7) is 8.28. The number of hydrogen-bond donors (Lipinski definition) is 2. The molecule has 0 aliphatic rings. The normalized spacial score (nSPS) is 9.91. The van der Waals surface area contributed by atoms with Crippen LogP contribution in [0.15, 0.2) is 36.4 Å². The van der Waals surface area contributed by atoms with E-state index in [0.717, 1.165) is 36.3 Å². The van der Waals surface area contributed by atoms with Gasteiger partial charge in [-0.1, -0.05) is 32.4 Å². The second-order valence-corrected chi connectivity index (χ2v) is 5.64. The Kier molecular flexibility index (Phi) is 8.22. The van der Waals surface area contributed by atoms with Gasteiger partial charge in [-0.2, -0.15) is 0 Å². The van der Waals surface area contributed by atoms with E-state index in [9.17, 15) is 4.79 Å². The minimum Gasteiger partial charge on any atom is -0.489 e. The molecule has 0 radical (unpaired) electrons. The highest BCUT2D eigenvalue weighted by molar-refractivity contribution is 7.80. The van der Waals surface area contributed by atoms with Crippen molar-refractivity contribution in [3.63, 3.8) is 0 Å². The highest BCUT2D eigenvalue weighted by atomic mass is 32.1. The van der Waals surface area contributed by atoms with Crippen LogP contribution in [0.5, 0.6) is 5.75 Å². The topological polar surface area (TPSA) is 50.4 Å². The molecule has 22 heavy (non-hydrogen) atoms. The third-order valence-corrected chi connectivity index (χ3v) is 3.04. The van der Waals surface area contributed by atoms with Gasteiger partial charge in [0.25, 0.3) is 0 Å². The van der Waals surface area contributed by atoms with Gasteiger partial charge in [0, 0.05) is 18.2 Å². The van der Waals surface area contributed by atoms with E-state index in [4.69, 9.17) is 17.0 Å². The lowest BCUT2D eigenvalue weighted by Gasteiger charge is -2.11. The van der Waals surface area contributed by atoms with Crippen molar-refractivity contribution in [2.75, 3.05) is 11.9 Å². The summed E-state index contributed by atoms with van der Waals surface area (Å²) >= 11 is 5.14. The fourth-order valence-corrected chi connectivity index (χ4v) is 1.99. The summed E-state index contributed by atoms with van der Waals surface area (Å²) in [6, 6.07) is 7.42. The summed E-state index contributed by atoms with van der Waals surface area (Å²) in [5, 5.41) is 5.98. The molecule has 0 aliphatic heterocycles. The third kappa shape index (κ3) is 7.78. The van der Waals surface area contributed by atoms with Gasteiger partial charge in [0.1, 0.15) is 12.4 Å². The lowest BCUT2D eigenvalue weighted by Crippen LogP contribution is -2.33. The van der Waals surface area contributed by atoms with Gasteiger partial charge in [-0.25, -0.2) is 0 Å². The van der Waals surface area contributed by atoms with Crippen LogP contribution in [0.25, 0.3) is 0 Å². The third-order valence-electron chi connectivity index (χ3n) is 2.84. The average Bonchev–Trinajstić information content (AvgIpc) is 2.45. The van der Waals surface area contributed by atoms with Gasteiger partial charge in [0.15, 0.2) is 5.11 Å². The highest BCUT2D eigenvalue weighted by Gasteiger charge is 2.05. The number of hydrogen-bond acceptors (Lipinski definition) is 3. The summed E-state index contributed by atoms with van der Waals surface area (Å²) in [7, 11) is 0. The van der Waals surface area contributed by atoms with Crippen LogP contribution in [0.3, 0.4) is 0 Å². The van der Waals surface area contributed by atoms with Crippen LogP contribution in [0.2, 0.25) is 0 Å². The van der Waals surface area contributed by atoms with Crippen molar-refractivity contribution in [2.45, 2.75) is 39.5 Å². The molecule has 2 N–H and O–H groups in total. The molecule has 0 fully saturated rings. The van der Waals surface area contributed by atoms with Gasteiger partial charge in [-0.3, -0.25) is 4.79 Å². The molecular formula is C17H24N2O2S. The molecule has 0 aliphatic carbocycles. The van der Waals surface area contributed by atoms with E-state index in [1.54, 1.807) is 0 Å². The van der Waals surface area contributed by atoms with E-state index in [2.05, 4.69) is 24.1 Å². The van der Waals surface area contributed by atoms with Gasteiger partial charge >= 0.3 is 0 Å². The first-order valence-electron chi connectivity index (χ1n) is 7.49. The van der Waals surface area contributed by atoms with E-state index in [0.29, 0.717) is 18.1 Å². The first kappa shape index (κ1) is 18.2. The molecule has 5 heteroatoms. The van der Waals surface area contributed by atoms with Crippen LogP contribution in [0.4, 0.5) is 5.69 Å². The summed E-state index contributed by atoms with van der Waals surface area (Å²) in [5.41, 5.74) is 1.73. The number of anilines is 1. The molecular weight excluding hydrogens is 296 g/mol. The molecule has 1 aromatic carbocycles. The molecule has 0 atom stereocenters. The average molecular weight is 320 g/mol. The van der Waals surface area contributed by atoms with Crippen molar-refractivity contribution in [1.82, 2.24) is 5.32 Å². The number of unbranched alkanes of at least 4 members (excludes halogenated alkanes) is 2. The minimum atomic E-state index is -0.0550. The number of nitrogens with one attached hydrogen (secondary N) is 2. The van der Waals surface area contributed by atoms with Crippen LogP contribution in [0.1, 0.15) is 39.5 Å². The maximum Gasteiger partial charge on any atom is 0.226 e. The Balaban J connectivity index is 2.45. The van der Waals surface area contributed by atoms with E-state index in [1.165, 1.54) is 0 Å². The van der Waals surface area contributed by atoms with Crippen molar-refractivity contribution in [2.24, 2.45) is 0 Å². The van der Waals surface area contributed by atoms with Gasteiger partial charge in [0.05, 0.1) is 0 Å². The molecule has 0 aromatic heterocycles. The zero-order valence-corrected chi connectivity index (χ0v) is 14.1. The van der Waals surface area contributed by atoms with Crippen molar-refractivity contribution in [1.29, 1.82) is 0 Å². The predicted octanol–water partition coefficient (Wildman–Crippen LogP) is 4.03. The molecule has 1 aromatic rings. The Bertz CT molecular complexity index is 529. The van der Waals surface area contributed by atoms with Crippen LogP contribution >= 0.6 is 12.2 Å². The van der Waals surface area contributed by atoms with Crippen LogP contribution in [0, 0.1) is 0 Å². The van der Waals surface area contributed by atoms with Crippen molar-refractivity contribution < 1.29 is 9.53 Å². The second kappa shape index (κ2) is 9.95. The van der Waals surface area contributed by atoms with Crippen LogP contribution < -0.4 is 15.4 Å². The zero-order chi connectivity index (χ0) is 16.4. The standard InChI is InChI=1S/C17H24N2O2S/c1-4-5-6-10-16(20)19-17(22)18-14-8-7-9-15(11-14)21-12-13(2)3/h7-9,11H,2,4-6,10,12H2,1,3H3,(H2,18,19,20,22). The maximum absolute atomic E-state index is 11.7. The number of ether oxygens (including phenoxy) is 1. The molecule has 0 saturated heterocycles. The van der Waals surface area contributed by atoms with Crippen LogP contribution in [-0.2, 0) is 4.79 Å². The fraction of sp³-hybridized carbons (Fsp3) is 0.412. The molecule has 0 spiro atoms. The fourth-order valence-electron chi connectivity index (χ4n) is 1.76. The molecule has 1 rings (SSSR count). The SMILES string of the molecule is C=C(C)COc1cccc(NC(=S)NC(=O)CCCCC)c1. The summed E-state index contributed by atoms with van der Waals surface area (Å²) in [6.07, 6.45) is 3.52. The van der Waals surface area contributed by atoms with E-state index >= 15 is 0 Å². The Labute approximate surface area is 137 Å². The van der Waals surface area contributed by atoms with Crippen molar-refractivity contribution in [3.05, 3.63) is 36.4 Å². The first-order chi connectivity index (χ1) is 10.5.